The van der Waals surface area contributed by atoms with Crippen LogP contribution in [0.5, 0.6) is 5.75 Å². The zero-order valence-corrected chi connectivity index (χ0v) is 16.6. The van der Waals surface area contributed by atoms with Crippen LogP contribution in [-0.4, -0.2) is 32.6 Å². The van der Waals surface area contributed by atoms with Gasteiger partial charge in [0.25, 0.3) is 11.3 Å². The van der Waals surface area contributed by atoms with Crippen LogP contribution in [0.4, 0.5) is 0 Å². The number of aromatic nitrogens is 4. The van der Waals surface area contributed by atoms with Crippen molar-refractivity contribution in [3.63, 3.8) is 0 Å². The molecule has 1 atom stereocenters. The molecule has 2 N–H and O–H groups in total. The number of methoxy groups -OCH3 is 1. The molecule has 4 rings (SSSR count). The lowest BCUT2D eigenvalue weighted by Crippen LogP contribution is -2.33. The van der Waals surface area contributed by atoms with Gasteiger partial charge >= 0.3 is 0 Å². The number of aryl methyl sites for hydroxylation is 1. The number of rotatable bonds is 6. The van der Waals surface area contributed by atoms with E-state index < -0.39 is 0 Å². The van der Waals surface area contributed by atoms with Crippen molar-refractivity contribution < 1.29 is 9.53 Å². The molecule has 4 aromatic rings. The number of hydrogen-bond acceptors (Lipinski definition) is 5. The van der Waals surface area contributed by atoms with E-state index in [4.69, 9.17) is 4.74 Å². The van der Waals surface area contributed by atoms with E-state index in [0.717, 1.165) is 11.1 Å². The molecule has 0 aliphatic carbocycles. The maximum absolute atomic E-state index is 13.0. The second-order valence-corrected chi connectivity index (χ2v) is 6.87. The standard InChI is InChI=1S/C22H21N5O3/c1-14-18(21(29)27-22(25-14)23-13-24-27)12-19(28)26-20(15-7-4-3-5-8-15)16-9-6-10-17(11-16)30-2/h3-11,13,20H,12H2,1-2H3,(H,26,28)(H,23,24,25). The highest BCUT2D eigenvalue weighted by Gasteiger charge is 2.20. The van der Waals surface area contributed by atoms with E-state index in [-0.39, 0.29) is 29.7 Å². The van der Waals surface area contributed by atoms with Gasteiger partial charge in [0, 0.05) is 5.56 Å². The fourth-order valence-electron chi connectivity index (χ4n) is 3.40. The number of ether oxygens (including phenoxy) is 1. The van der Waals surface area contributed by atoms with Gasteiger partial charge in [-0.3, -0.25) is 14.7 Å². The lowest BCUT2D eigenvalue weighted by atomic mass is 9.98. The van der Waals surface area contributed by atoms with E-state index >= 15 is 0 Å². The number of H-pyrrole nitrogens is 1. The highest BCUT2D eigenvalue weighted by atomic mass is 16.5. The van der Waals surface area contributed by atoms with E-state index in [9.17, 15) is 9.59 Å². The first-order valence-corrected chi connectivity index (χ1v) is 9.46. The zero-order valence-electron chi connectivity index (χ0n) is 16.6. The maximum Gasteiger partial charge on any atom is 0.277 e. The Kier molecular flexibility index (Phi) is 5.30. The minimum absolute atomic E-state index is 0.0903. The van der Waals surface area contributed by atoms with E-state index in [1.807, 2.05) is 54.6 Å². The molecule has 1 amide bonds. The molecule has 2 heterocycles. The van der Waals surface area contributed by atoms with Crippen molar-refractivity contribution in [3.05, 3.63) is 93.7 Å². The summed E-state index contributed by atoms with van der Waals surface area (Å²) in [5, 5.41) is 5.77. The summed E-state index contributed by atoms with van der Waals surface area (Å²) in [6.07, 6.45) is 1.30. The van der Waals surface area contributed by atoms with Gasteiger partial charge in [0.15, 0.2) is 0 Å². The first-order chi connectivity index (χ1) is 14.6. The van der Waals surface area contributed by atoms with Crippen LogP contribution in [0.25, 0.3) is 5.78 Å². The van der Waals surface area contributed by atoms with Crippen LogP contribution in [0, 0.1) is 6.92 Å². The second-order valence-electron chi connectivity index (χ2n) is 6.87. The molecule has 0 saturated carbocycles. The Balaban J connectivity index is 1.65. The Hall–Kier alpha value is -3.94. The number of carbonyl (C=O) groups excluding carboxylic acids is 1. The first-order valence-electron chi connectivity index (χ1n) is 9.46. The monoisotopic (exact) mass is 403 g/mol. The van der Waals surface area contributed by atoms with Gasteiger partial charge in [-0.1, -0.05) is 42.5 Å². The summed E-state index contributed by atoms with van der Waals surface area (Å²) < 4.78 is 6.56. The molecule has 2 aromatic heterocycles. The maximum atomic E-state index is 13.0. The molecule has 8 nitrogen and oxygen atoms in total. The third-order valence-corrected chi connectivity index (χ3v) is 4.94. The normalized spacial score (nSPS) is 11.9. The average molecular weight is 403 g/mol. The van der Waals surface area contributed by atoms with Crippen molar-refractivity contribution in [1.29, 1.82) is 0 Å². The average Bonchev–Trinajstić information content (AvgIpc) is 3.24. The SMILES string of the molecule is COc1cccc(C(NC(=O)Cc2c(C)nc3nc[nH]n3c2=O)c2ccccc2)c1. The Morgan fingerprint density at radius 1 is 1.17 bits per heavy atom. The molecule has 0 radical (unpaired) electrons. The number of amides is 1. The Morgan fingerprint density at radius 2 is 1.93 bits per heavy atom. The number of carbonyl (C=O) groups is 1. The van der Waals surface area contributed by atoms with Gasteiger partial charge in [0.05, 0.1) is 25.3 Å². The van der Waals surface area contributed by atoms with Gasteiger partial charge in [-0.2, -0.15) is 4.52 Å². The zero-order chi connectivity index (χ0) is 21.1. The summed E-state index contributed by atoms with van der Waals surface area (Å²) in [6.45, 7) is 1.70. The van der Waals surface area contributed by atoms with Crippen molar-refractivity contribution in [2.24, 2.45) is 0 Å². The summed E-state index contributed by atoms with van der Waals surface area (Å²) >= 11 is 0. The molecular formula is C22H21N5O3. The Morgan fingerprint density at radius 3 is 2.70 bits per heavy atom. The highest BCUT2D eigenvalue weighted by molar-refractivity contribution is 5.79. The fourth-order valence-corrected chi connectivity index (χ4v) is 3.40. The molecule has 2 aromatic carbocycles. The Bertz CT molecular complexity index is 1250. The minimum atomic E-state index is -0.388. The van der Waals surface area contributed by atoms with E-state index in [1.165, 1.54) is 10.8 Å². The van der Waals surface area contributed by atoms with Gasteiger partial charge in [0.2, 0.25) is 5.91 Å². The van der Waals surface area contributed by atoms with E-state index in [0.29, 0.717) is 17.0 Å². The number of hydrogen-bond donors (Lipinski definition) is 2. The molecule has 8 heteroatoms. The molecule has 0 aliphatic heterocycles. The summed E-state index contributed by atoms with van der Waals surface area (Å²) in [5.74, 6) is 0.694. The van der Waals surface area contributed by atoms with Crippen molar-refractivity contribution in [1.82, 2.24) is 24.9 Å². The van der Waals surface area contributed by atoms with E-state index in [2.05, 4.69) is 20.4 Å². The number of aromatic amines is 1. The summed E-state index contributed by atoms with van der Waals surface area (Å²) in [6, 6.07) is 16.8. The predicted octanol–water partition coefficient (Wildman–Crippen LogP) is 2.18. The second kappa shape index (κ2) is 8.20. The van der Waals surface area contributed by atoms with Crippen LogP contribution < -0.4 is 15.6 Å². The molecular weight excluding hydrogens is 382 g/mol. The molecule has 0 aliphatic rings. The first kappa shape index (κ1) is 19.4. The van der Waals surface area contributed by atoms with Gasteiger partial charge in [-0.15, -0.1) is 0 Å². The van der Waals surface area contributed by atoms with Gasteiger partial charge < -0.3 is 10.1 Å². The predicted molar refractivity (Wildman–Crippen MR) is 111 cm³/mol. The minimum Gasteiger partial charge on any atom is -0.497 e. The van der Waals surface area contributed by atoms with Crippen LogP contribution >= 0.6 is 0 Å². The molecule has 0 saturated heterocycles. The van der Waals surface area contributed by atoms with Crippen LogP contribution in [-0.2, 0) is 11.2 Å². The molecule has 30 heavy (non-hydrogen) atoms. The largest absolute Gasteiger partial charge is 0.497 e. The van der Waals surface area contributed by atoms with Gasteiger partial charge in [0.1, 0.15) is 12.1 Å². The van der Waals surface area contributed by atoms with Crippen molar-refractivity contribution in [2.75, 3.05) is 7.11 Å². The van der Waals surface area contributed by atoms with Crippen molar-refractivity contribution in [3.8, 4) is 5.75 Å². The smallest absolute Gasteiger partial charge is 0.277 e. The molecule has 0 bridgehead atoms. The van der Waals surface area contributed by atoms with E-state index in [1.54, 1.807) is 14.0 Å². The topological polar surface area (TPSA) is 101 Å². The summed E-state index contributed by atoms with van der Waals surface area (Å²) in [5.41, 5.74) is 2.29. The van der Waals surface area contributed by atoms with Crippen LogP contribution in [0.15, 0.2) is 65.7 Å². The lowest BCUT2D eigenvalue weighted by Gasteiger charge is -2.20. The fraction of sp³-hybridized carbons (Fsp3) is 0.182. The van der Waals surface area contributed by atoms with Crippen LogP contribution in [0.3, 0.4) is 0 Å². The van der Waals surface area contributed by atoms with Crippen LogP contribution in [0.2, 0.25) is 0 Å². The van der Waals surface area contributed by atoms with Crippen molar-refractivity contribution in [2.45, 2.75) is 19.4 Å². The number of benzene rings is 2. The summed E-state index contributed by atoms with van der Waals surface area (Å²) in [7, 11) is 1.60. The summed E-state index contributed by atoms with van der Waals surface area (Å²) in [4.78, 5) is 33.9. The van der Waals surface area contributed by atoms with Gasteiger partial charge in [-0.05, 0) is 30.2 Å². The number of fused-ring (bicyclic) bond motifs is 1. The third-order valence-electron chi connectivity index (χ3n) is 4.94. The van der Waals surface area contributed by atoms with Crippen molar-refractivity contribution >= 4 is 11.7 Å². The highest BCUT2D eigenvalue weighted by Crippen LogP contribution is 2.25. The third kappa shape index (κ3) is 3.80. The number of nitrogens with one attached hydrogen (secondary N) is 2. The number of nitrogens with zero attached hydrogens (tertiary/aromatic N) is 3. The molecule has 152 valence electrons. The molecule has 0 fully saturated rings. The molecule has 1 unspecified atom stereocenters. The molecule has 0 spiro atoms. The van der Waals surface area contributed by atoms with Crippen LogP contribution in [0.1, 0.15) is 28.4 Å². The quantitative estimate of drug-likeness (QED) is 0.514. The van der Waals surface area contributed by atoms with Gasteiger partial charge in [-0.25, -0.2) is 9.97 Å². The lowest BCUT2D eigenvalue weighted by molar-refractivity contribution is -0.121. The Labute approximate surface area is 172 Å².